The standard InChI is InChI=1S/C21H25N3O4S/c1-15-5-11-20(12-6-15)29(27,28)24-13-3-4-18(14-24)21(26)23-22-16(2)17-7-9-19(25)10-8-17/h5-12,18,25H,3-4,13-14H2,1-2H3,(H,23,26)/b22-16+/t18-/m1/s1. The number of benzene rings is 2. The highest BCUT2D eigenvalue weighted by molar-refractivity contribution is 7.89. The van der Waals surface area contributed by atoms with Crippen LogP contribution in [0.25, 0.3) is 0 Å². The van der Waals surface area contributed by atoms with Crippen LogP contribution in [0.3, 0.4) is 0 Å². The summed E-state index contributed by atoms with van der Waals surface area (Å²) in [7, 11) is -3.63. The highest BCUT2D eigenvalue weighted by atomic mass is 32.2. The highest BCUT2D eigenvalue weighted by Crippen LogP contribution is 2.24. The fraction of sp³-hybridized carbons (Fsp3) is 0.333. The number of phenolic OH excluding ortho intramolecular Hbond substituents is 1. The third kappa shape index (κ3) is 5.02. The Morgan fingerprint density at radius 2 is 1.79 bits per heavy atom. The average molecular weight is 416 g/mol. The van der Waals surface area contributed by atoms with Crippen molar-refractivity contribution in [3.63, 3.8) is 0 Å². The van der Waals surface area contributed by atoms with Gasteiger partial charge in [-0.1, -0.05) is 17.7 Å². The third-order valence-corrected chi connectivity index (χ3v) is 6.91. The summed E-state index contributed by atoms with van der Waals surface area (Å²) in [6, 6.07) is 13.2. The number of nitrogens with one attached hydrogen (secondary N) is 1. The second-order valence-corrected chi connectivity index (χ2v) is 9.17. The van der Waals surface area contributed by atoms with Crippen LogP contribution in [0.4, 0.5) is 0 Å². The molecule has 29 heavy (non-hydrogen) atoms. The molecule has 7 nitrogen and oxygen atoms in total. The number of amides is 1. The van der Waals surface area contributed by atoms with Crippen LogP contribution in [-0.4, -0.2) is 42.5 Å². The molecular formula is C21H25N3O4S. The maximum absolute atomic E-state index is 12.9. The first kappa shape index (κ1) is 21.0. The minimum atomic E-state index is -3.63. The lowest BCUT2D eigenvalue weighted by molar-refractivity contribution is -0.126. The van der Waals surface area contributed by atoms with Crippen LogP contribution < -0.4 is 5.43 Å². The van der Waals surface area contributed by atoms with Crippen molar-refractivity contribution in [2.24, 2.45) is 11.0 Å². The molecule has 0 radical (unpaired) electrons. The number of hydrogen-bond donors (Lipinski definition) is 2. The lowest BCUT2D eigenvalue weighted by Gasteiger charge is -2.30. The van der Waals surface area contributed by atoms with Gasteiger partial charge >= 0.3 is 0 Å². The Kier molecular flexibility index (Phi) is 6.34. The van der Waals surface area contributed by atoms with Crippen LogP contribution in [0.2, 0.25) is 0 Å². The Morgan fingerprint density at radius 3 is 2.45 bits per heavy atom. The molecule has 1 saturated heterocycles. The number of piperidine rings is 1. The average Bonchev–Trinajstić information content (AvgIpc) is 2.72. The molecule has 0 bridgehead atoms. The Bertz CT molecular complexity index is 999. The Hall–Kier alpha value is -2.71. The first-order chi connectivity index (χ1) is 13.8. The topological polar surface area (TPSA) is 99.1 Å². The summed E-state index contributed by atoms with van der Waals surface area (Å²) in [5.41, 5.74) is 4.91. The van der Waals surface area contributed by atoms with Crippen LogP contribution in [0, 0.1) is 12.8 Å². The molecule has 2 aromatic carbocycles. The monoisotopic (exact) mass is 415 g/mol. The summed E-state index contributed by atoms with van der Waals surface area (Å²) >= 11 is 0. The number of carbonyl (C=O) groups excluding carboxylic acids is 1. The third-order valence-electron chi connectivity index (χ3n) is 5.03. The maximum atomic E-state index is 12.9. The Balaban J connectivity index is 1.66. The SMILES string of the molecule is C/C(=N\NC(=O)[C@@H]1CCCN(S(=O)(=O)c2ccc(C)cc2)C1)c1ccc(O)cc1. The summed E-state index contributed by atoms with van der Waals surface area (Å²) in [5, 5.41) is 13.5. The predicted octanol–water partition coefficient (Wildman–Crippen LogP) is 2.64. The van der Waals surface area contributed by atoms with Crippen molar-refractivity contribution in [2.75, 3.05) is 13.1 Å². The van der Waals surface area contributed by atoms with Gasteiger partial charge < -0.3 is 5.11 Å². The number of hydrazone groups is 1. The van der Waals surface area contributed by atoms with E-state index in [1.807, 2.05) is 6.92 Å². The second-order valence-electron chi connectivity index (χ2n) is 7.24. The number of phenols is 1. The lowest BCUT2D eigenvalue weighted by atomic mass is 9.99. The van der Waals surface area contributed by atoms with Gasteiger partial charge in [0.25, 0.3) is 0 Å². The summed E-state index contributed by atoms with van der Waals surface area (Å²) in [5.74, 6) is -0.602. The van der Waals surface area contributed by atoms with E-state index >= 15 is 0 Å². The van der Waals surface area contributed by atoms with Crippen molar-refractivity contribution >= 4 is 21.6 Å². The molecule has 1 amide bonds. The zero-order chi connectivity index (χ0) is 21.0. The van der Waals surface area contributed by atoms with Gasteiger partial charge in [0.05, 0.1) is 16.5 Å². The molecule has 0 aliphatic carbocycles. The molecule has 0 saturated carbocycles. The highest BCUT2D eigenvalue weighted by Gasteiger charge is 2.33. The van der Waals surface area contributed by atoms with E-state index in [0.717, 1.165) is 11.1 Å². The van der Waals surface area contributed by atoms with Crippen molar-refractivity contribution in [2.45, 2.75) is 31.6 Å². The maximum Gasteiger partial charge on any atom is 0.244 e. The number of aryl methyl sites for hydroxylation is 1. The molecule has 3 rings (SSSR count). The van der Waals surface area contributed by atoms with Gasteiger partial charge in [0, 0.05) is 13.1 Å². The number of aromatic hydroxyl groups is 1. The second kappa shape index (κ2) is 8.75. The number of hydrogen-bond acceptors (Lipinski definition) is 5. The van der Waals surface area contributed by atoms with Gasteiger partial charge in [-0.05, 0) is 68.7 Å². The van der Waals surface area contributed by atoms with Gasteiger partial charge in [-0.3, -0.25) is 4.79 Å². The summed E-state index contributed by atoms with van der Waals surface area (Å²) in [6.07, 6.45) is 1.23. The number of sulfonamides is 1. The molecular weight excluding hydrogens is 390 g/mol. The molecule has 0 unspecified atom stereocenters. The number of carbonyl (C=O) groups is 1. The molecule has 1 heterocycles. The smallest absolute Gasteiger partial charge is 0.244 e. The predicted molar refractivity (Wildman–Crippen MR) is 111 cm³/mol. The largest absolute Gasteiger partial charge is 0.508 e. The molecule has 0 spiro atoms. The van der Waals surface area contributed by atoms with Crippen molar-refractivity contribution in [3.8, 4) is 5.75 Å². The zero-order valence-electron chi connectivity index (χ0n) is 16.5. The molecule has 2 N–H and O–H groups in total. The molecule has 1 aliphatic heterocycles. The van der Waals surface area contributed by atoms with Crippen LogP contribution in [0.1, 0.15) is 30.9 Å². The first-order valence-corrected chi connectivity index (χ1v) is 10.9. The van der Waals surface area contributed by atoms with Gasteiger partial charge in [0.2, 0.25) is 15.9 Å². The van der Waals surface area contributed by atoms with Crippen LogP contribution >= 0.6 is 0 Å². The van der Waals surface area contributed by atoms with E-state index in [2.05, 4.69) is 10.5 Å². The van der Waals surface area contributed by atoms with Crippen molar-refractivity contribution in [3.05, 3.63) is 59.7 Å². The molecule has 0 aromatic heterocycles. The van der Waals surface area contributed by atoms with Gasteiger partial charge in [-0.15, -0.1) is 0 Å². The molecule has 154 valence electrons. The van der Waals surface area contributed by atoms with Crippen molar-refractivity contribution < 1.29 is 18.3 Å². The lowest BCUT2D eigenvalue weighted by Crippen LogP contribution is -2.44. The van der Waals surface area contributed by atoms with Gasteiger partial charge in [-0.25, -0.2) is 13.8 Å². The van der Waals surface area contributed by atoms with Gasteiger partial charge in [0.15, 0.2) is 0 Å². The van der Waals surface area contributed by atoms with E-state index in [-0.39, 0.29) is 23.1 Å². The van der Waals surface area contributed by atoms with E-state index in [0.29, 0.717) is 25.1 Å². The van der Waals surface area contributed by atoms with Gasteiger partial charge in [0.1, 0.15) is 5.75 Å². The molecule has 1 fully saturated rings. The quantitative estimate of drug-likeness (QED) is 0.579. The normalized spacial score (nSPS) is 18.4. The van der Waals surface area contributed by atoms with Crippen LogP contribution in [0.15, 0.2) is 58.5 Å². The first-order valence-electron chi connectivity index (χ1n) is 9.48. The fourth-order valence-electron chi connectivity index (χ4n) is 3.23. The number of rotatable bonds is 5. The summed E-state index contributed by atoms with van der Waals surface area (Å²) in [6.45, 7) is 4.19. The minimum absolute atomic E-state index is 0.135. The Labute approximate surface area is 171 Å². The fourth-order valence-corrected chi connectivity index (χ4v) is 4.76. The molecule has 1 aliphatic rings. The summed E-state index contributed by atoms with van der Waals surface area (Å²) < 4.78 is 27.2. The molecule has 8 heteroatoms. The van der Waals surface area contributed by atoms with Crippen LogP contribution in [0.5, 0.6) is 5.75 Å². The summed E-state index contributed by atoms with van der Waals surface area (Å²) in [4.78, 5) is 12.8. The molecule has 1 atom stereocenters. The van der Waals surface area contributed by atoms with E-state index in [1.54, 1.807) is 55.5 Å². The molecule has 2 aromatic rings. The van der Waals surface area contributed by atoms with E-state index in [1.165, 1.54) is 4.31 Å². The van der Waals surface area contributed by atoms with E-state index in [4.69, 9.17) is 0 Å². The van der Waals surface area contributed by atoms with E-state index < -0.39 is 15.9 Å². The van der Waals surface area contributed by atoms with Gasteiger partial charge in [-0.2, -0.15) is 9.41 Å². The Morgan fingerprint density at radius 1 is 1.14 bits per heavy atom. The number of nitrogens with zero attached hydrogens (tertiary/aromatic N) is 2. The minimum Gasteiger partial charge on any atom is -0.508 e. The van der Waals surface area contributed by atoms with Crippen molar-refractivity contribution in [1.82, 2.24) is 9.73 Å². The van der Waals surface area contributed by atoms with E-state index in [9.17, 15) is 18.3 Å². The zero-order valence-corrected chi connectivity index (χ0v) is 17.3. The van der Waals surface area contributed by atoms with Crippen LogP contribution in [-0.2, 0) is 14.8 Å². The van der Waals surface area contributed by atoms with Crippen molar-refractivity contribution in [1.29, 1.82) is 0 Å².